The maximum Gasteiger partial charge on any atom is 0.279 e. The lowest BCUT2D eigenvalue weighted by Gasteiger charge is -2.33. The van der Waals surface area contributed by atoms with Gasteiger partial charge in [-0.2, -0.15) is 0 Å². The first-order valence-electron chi connectivity index (χ1n) is 15.7. The molecular formula is C34H39FN8O3. The molecule has 2 aliphatic heterocycles. The van der Waals surface area contributed by atoms with Crippen LogP contribution in [0.5, 0.6) is 0 Å². The molecule has 4 aromatic rings. The van der Waals surface area contributed by atoms with Crippen molar-refractivity contribution in [3.05, 3.63) is 81.5 Å². The standard InChI is InChI=1S/C34H39FN8O3/c1-34(2)16-24-27(17-34)42-13-14-43(33(46)30(42)29(24)35)31-25(20-44)23(7-8-36-31)21-15-26(32(45)40(4)19-21)38-28-6-5-22(18-37-28)41-11-9-39(3)10-12-41/h5-8,15,18-19,44H,9-14,16-17,20H2,1-4H3,(H,37,38). The minimum absolute atomic E-state index is 0.0404. The summed E-state index contributed by atoms with van der Waals surface area (Å²) in [6.45, 7) is 8.40. The van der Waals surface area contributed by atoms with Gasteiger partial charge in [-0.25, -0.2) is 14.4 Å². The minimum atomic E-state index is -0.468. The number of hydrogen-bond donors (Lipinski definition) is 2. The second-order valence-corrected chi connectivity index (χ2v) is 13.4. The molecule has 4 aromatic heterocycles. The maximum atomic E-state index is 15.7. The van der Waals surface area contributed by atoms with Crippen molar-refractivity contribution in [1.29, 1.82) is 0 Å². The van der Waals surface area contributed by atoms with Gasteiger partial charge in [-0.15, -0.1) is 0 Å². The van der Waals surface area contributed by atoms with E-state index in [4.69, 9.17) is 0 Å². The van der Waals surface area contributed by atoms with E-state index in [9.17, 15) is 14.7 Å². The van der Waals surface area contributed by atoms with Crippen molar-refractivity contribution in [1.82, 2.24) is 24.0 Å². The lowest BCUT2D eigenvalue weighted by atomic mass is 9.90. The lowest BCUT2D eigenvalue weighted by Crippen LogP contribution is -2.44. The Balaban J connectivity index is 1.18. The monoisotopic (exact) mass is 626 g/mol. The SMILES string of the molecule is CN1CCN(c2ccc(Nc3cc(-c4ccnc(N5CCn6c7c(c(F)c6C5=O)CC(C)(C)C7)c4CO)cn(C)c3=O)nc2)CC1. The fourth-order valence-electron chi connectivity index (χ4n) is 7.09. The summed E-state index contributed by atoms with van der Waals surface area (Å²) in [5, 5.41) is 13.8. The summed E-state index contributed by atoms with van der Waals surface area (Å²) in [5.74, 6) is -0.105. The number of aromatic nitrogens is 4. The Kier molecular flexibility index (Phi) is 7.44. The number of amides is 1. The number of anilines is 4. The van der Waals surface area contributed by atoms with Crippen LogP contribution in [0.2, 0.25) is 0 Å². The maximum absolute atomic E-state index is 15.7. The zero-order chi connectivity index (χ0) is 32.3. The van der Waals surface area contributed by atoms with Crippen LogP contribution in [0.1, 0.15) is 41.2 Å². The van der Waals surface area contributed by atoms with Gasteiger partial charge in [0.15, 0.2) is 5.82 Å². The number of fused-ring (bicyclic) bond motifs is 3. The molecule has 7 rings (SSSR count). The Morgan fingerprint density at radius 2 is 1.78 bits per heavy atom. The summed E-state index contributed by atoms with van der Waals surface area (Å²) in [5.41, 5.74) is 4.34. The topological polar surface area (TPSA) is 112 Å². The minimum Gasteiger partial charge on any atom is -0.392 e. The number of aryl methyl sites for hydroxylation is 1. The van der Waals surface area contributed by atoms with E-state index in [0.29, 0.717) is 53.3 Å². The smallest absolute Gasteiger partial charge is 0.279 e. The van der Waals surface area contributed by atoms with Gasteiger partial charge in [-0.05, 0) is 55.1 Å². The molecule has 1 aliphatic carbocycles. The molecule has 1 fully saturated rings. The second kappa shape index (κ2) is 11.4. The number of aliphatic hydroxyl groups excluding tert-OH is 1. The van der Waals surface area contributed by atoms with Crippen molar-refractivity contribution in [2.24, 2.45) is 12.5 Å². The van der Waals surface area contributed by atoms with Crippen molar-refractivity contribution < 1.29 is 14.3 Å². The summed E-state index contributed by atoms with van der Waals surface area (Å²) in [4.78, 5) is 42.1. The van der Waals surface area contributed by atoms with Crippen LogP contribution in [-0.2, 0) is 33.0 Å². The van der Waals surface area contributed by atoms with Crippen LogP contribution in [0.4, 0.5) is 27.4 Å². The number of aliphatic hydroxyl groups is 1. The van der Waals surface area contributed by atoms with Crippen LogP contribution in [0.3, 0.4) is 0 Å². The molecule has 0 atom stereocenters. The molecule has 46 heavy (non-hydrogen) atoms. The summed E-state index contributed by atoms with van der Waals surface area (Å²) < 4.78 is 19.0. The Morgan fingerprint density at radius 1 is 1.00 bits per heavy atom. The highest BCUT2D eigenvalue weighted by Gasteiger charge is 2.41. The molecule has 0 saturated carbocycles. The normalized spacial score (nSPS) is 17.7. The van der Waals surface area contributed by atoms with E-state index in [1.165, 1.54) is 9.47 Å². The van der Waals surface area contributed by atoms with Gasteiger partial charge in [0.25, 0.3) is 11.5 Å². The number of halogens is 1. The number of piperazine rings is 1. The molecule has 1 saturated heterocycles. The van der Waals surface area contributed by atoms with Crippen LogP contribution in [0.15, 0.2) is 47.7 Å². The Labute approximate surface area is 266 Å². The van der Waals surface area contributed by atoms with Gasteiger partial charge < -0.3 is 29.4 Å². The van der Waals surface area contributed by atoms with Gasteiger partial charge in [-0.3, -0.25) is 14.5 Å². The van der Waals surface area contributed by atoms with Gasteiger partial charge in [0.1, 0.15) is 23.0 Å². The molecule has 11 nitrogen and oxygen atoms in total. The number of likely N-dealkylation sites (N-methyl/N-ethyl adjacent to an activating group) is 1. The van der Waals surface area contributed by atoms with E-state index in [1.54, 1.807) is 31.6 Å². The van der Waals surface area contributed by atoms with Gasteiger partial charge >= 0.3 is 0 Å². The number of pyridine rings is 3. The van der Waals surface area contributed by atoms with Crippen molar-refractivity contribution in [2.75, 3.05) is 54.9 Å². The van der Waals surface area contributed by atoms with E-state index in [-0.39, 0.29) is 22.5 Å². The summed E-state index contributed by atoms with van der Waals surface area (Å²) in [6.07, 6.45) is 6.38. The first kappa shape index (κ1) is 30.1. The van der Waals surface area contributed by atoms with Gasteiger partial charge in [-0.1, -0.05) is 13.8 Å². The van der Waals surface area contributed by atoms with Crippen molar-refractivity contribution in [3.63, 3.8) is 0 Å². The van der Waals surface area contributed by atoms with Crippen LogP contribution in [-0.4, -0.2) is 74.8 Å². The molecular weight excluding hydrogens is 587 g/mol. The molecule has 240 valence electrons. The highest BCUT2D eigenvalue weighted by atomic mass is 19.1. The first-order valence-corrected chi connectivity index (χ1v) is 15.7. The van der Waals surface area contributed by atoms with E-state index < -0.39 is 18.3 Å². The first-order chi connectivity index (χ1) is 22.0. The molecule has 12 heteroatoms. The predicted octanol–water partition coefficient (Wildman–Crippen LogP) is 3.56. The Hall–Kier alpha value is -4.55. The van der Waals surface area contributed by atoms with Crippen LogP contribution in [0.25, 0.3) is 11.1 Å². The largest absolute Gasteiger partial charge is 0.392 e. The average molecular weight is 627 g/mol. The number of hydrogen-bond acceptors (Lipinski definition) is 8. The highest BCUT2D eigenvalue weighted by Crippen LogP contribution is 2.42. The summed E-state index contributed by atoms with van der Waals surface area (Å²) in [7, 11) is 3.78. The van der Waals surface area contributed by atoms with Crippen LogP contribution in [0, 0.1) is 11.2 Å². The van der Waals surface area contributed by atoms with Crippen LogP contribution < -0.4 is 20.7 Å². The highest BCUT2D eigenvalue weighted by molar-refractivity contribution is 6.06. The molecule has 2 N–H and O–H groups in total. The fourth-order valence-corrected chi connectivity index (χ4v) is 7.09. The van der Waals surface area contributed by atoms with Gasteiger partial charge in [0.05, 0.1) is 18.5 Å². The molecule has 3 aliphatic rings. The van der Waals surface area contributed by atoms with Gasteiger partial charge in [0, 0.05) is 81.1 Å². The van der Waals surface area contributed by atoms with Crippen LogP contribution >= 0.6 is 0 Å². The third-order valence-corrected chi connectivity index (χ3v) is 9.53. The van der Waals surface area contributed by atoms with E-state index >= 15 is 4.39 Å². The Bertz CT molecular complexity index is 1890. The molecule has 0 spiro atoms. The summed E-state index contributed by atoms with van der Waals surface area (Å²) >= 11 is 0. The zero-order valence-corrected chi connectivity index (χ0v) is 26.7. The molecule has 1 amide bonds. The van der Waals surface area contributed by atoms with E-state index in [0.717, 1.165) is 44.0 Å². The summed E-state index contributed by atoms with van der Waals surface area (Å²) in [6, 6.07) is 7.32. The van der Waals surface area contributed by atoms with Crippen molar-refractivity contribution >= 4 is 28.9 Å². The number of rotatable bonds is 6. The van der Waals surface area contributed by atoms with E-state index in [1.807, 2.05) is 22.9 Å². The van der Waals surface area contributed by atoms with Crippen molar-refractivity contribution in [2.45, 2.75) is 39.8 Å². The molecule has 0 unspecified atom stereocenters. The predicted molar refractivity (Wildman–Crippen MR) is 175 cm³/mol. The Morgan fingerprint density at radius 3 is 2.50 bits per heavy atom. The second-order valence-electron chi connectivity index (χ2n) is 13.4. The quantitative estimate of drug-likeness (QED) is 0.335. The zero-order valence-electron chi connectivity index (χ0n) is 26.7. The lowest BCUT2D eigenvalue weighted by molar-refractivity contribution is 0.0957. The van der Waals surface area contributed by atoms with Gasteiger partial charge in [0.2, 0.25) is 0 Å². The third kappa shape index (κ3) is 5.15. The number of carbonyl (C=O) groups excluding carboxylic acids is 1. The number of nitrogens with zero attached hydrogens (tertiary/aromatic N) is 7. The van der Waals surface area contributed by atoms with E-state index in [2.05, 4.69) is 46.0 Å². The number of carbonyl (C=O) groups is 1. The number of nitrogens with one attached hydrogen (secondary N) is 1. The third-order valence-electron chi connectivity index (χ3n) is 9.53. The van der Waals surface area contributed by atoms with Crippen molar-refractivity contribution in [3.8, 4) is 11.1 Å². The molecule has 0 bridgehead atoms. The molecule has 0 aromatic carbocycles. The average Bonchev–Trinajstić information content (AvgIpc) is 3.50. The molecule has 6 heterocycles. The molecule has 0 radical (unpaired) electrons. The fraction of sp³-hybridized carbons (Fsp3) is 0.412.